The number of carbonyl (C=O) groups excluding carboxylic acids is 1. The van der Waals surface area contributed by atoms with Crippen LogP contribution in [0.25, 0.3) is 0 Å². The maximum absolute atomic E-state index is 12.0. The standard InChI is InChI=1S/C16H21NO4/c1-16(2,3)21-15(20)17-13-11-7-5-4-6-10(11)8-9-12(13)14(18)19/h8-9H,4-7H2,1-3H3,(H,17,20)(H,18,19). The summed E-state index contributed by atoms with van der Waals surface area (Å²) >= 11 is 0. The Morgan fingerprint density at radius 1 is 1.19 bits per heavy atom. The smallest absolute Gasteiger partial charge is 0.412 e. The third-order valence-electron chi connectivity index (χ3n) is 3.39. The monoisotopic (exact) mass is 291 g/mol. The van der Waals surface area contributed by atoms with E-state index in [2.05, 4.69) is 5.32 Å². The van der Waals surface area contributed by atoms with Crippen LogP contribution in [-0.2, 0) is 17.6 Å². The summed E-state index contributed by atoms with van der Waals surface area (Å²) in [6.07, 6.45) is 3.16. The number of anilines is 1. The summed E-state index contributed by atoms with van der Waals surface area (Å²) in [4.78, 5) is 23.3. The molecule has 2 rings (SSSR count). The Bertz CT molecular complexity index is 572. The lowest BCUT2D eigenvalue weighted by molar-refractivity contribution is 0.0635. The molecule has 5 nitrogen and oxygen atoms in total. The van der Waals surface area contributed by atoms with Gasteiger partial charge in [-0.15, -0.1) is 0 Å². The molecule has 2 N–H and O–H groups in total. The fourth-order valence-corrected chi connectivity index (χ4v) is 2.55. The van der Waals surface area contributed by atoms with Gasteiger partial charge >= 0.3 is 12.1 Å². The van der Waals surface area contributed by atoms with Crippen molar-refractivity contribution in [3.8, 4) is 0 Å². The van der Waals surface area contributed by atoms with Gasteiger partial charge in [0.2, 0.25) is 0 Å². The van der Waals surface area contributed by atoms with Crippen LogP contribution < -0.4 is 5.32 Å². The highest BCUT2D eigenvalue weighted by atomic mass is 16.6. The van der Waals surface area contributed by atoms with Crippen molar-refractivity contribution in [2.75, 3.05) is 5.32 Å². The number of aryl methyl sites for hydroxylation is 1. The number of rotatable bonds is 2. The number of aromatic carboxylic acids is 1. The summed E-state index contributed by atoms with van der Waals surface area (Å²) in [6.45, 7) is 5.31. The number of hydrogen-bond acceptors (Lipinski definition) is 3. The molecule has 0 aromatic heterocycles. The molecule has 0 spiro atoms. The van der Waals surface area contributed by atoms with Crippen LogP contribution in [0.1, 0.15) is 55.1 Å². The van der Waals surface area contributed by atoms with Gasteiger partial charge in [0.05, 0.1) is 11.3 Å². The first-order chi connectivity index (χ1) is 9.78. The van der Waals surface area contributed by atoms with Crippen molar-refractivity contribution in [3.05, 3.63) is 28.8 Å². The van der Waals surface area contributed by atoms with Crippen LogP contribution in [-0.4, -0.2) is 22.8 Å². The minimum absolute atomic E-state index is 0.113. The lowest BCUT2D eigenvalue weighted by Gasteiger charge is -2.24. The van der Waals surface area contributed by atoms with Gasteiger partial charge in [-0.25, -0.2) is 9.59 Å². The number of benzene rings is 1. The predicted octanol–water partition coefficient (Wildman–Crippen LogP) is 3.61. The first kappa shape index (κ1) is 15.4. The molecule has 1 aliphatic rings. The topological polar surface area (TPSA) is 75.6 Å². The van der Waals surface area contributed by atoms with E-state index in [-0.39, 0.29) is 5.56 Å². The van der Waals surface area contributed by atoms with E-state index in [1.165, 1.54) is 0 Å². The summed E-state index contributed by atoms with van der Waals surface area (Å²) in [5, 5.41) is 12.0. The normalized spacial score (nSPS) is 14.2. The van der Waals surface area contributed by atoms with Crippen LogP contribution in [0.4, 0.5) is 10.5 Å². The highest BCUT2D eigenvalue weighted by molar-refractivity contribution is 6.00. The summed E-state index contributed by atoms with van der Waals surface area (Å²) in [5.41, 5.74) is 1.90. The molecule has 0 heterocycles. The number of amides is 1. The maximum atomic E-state index is 12.0. The minimum atomic E-state index is -1.05. The molecule has 1 aromatic carbocycles. The summed E-state index contributed by atoms with van der Waals surface area (Å²) < 4.78 is 5.22. The van der Waals surface area contributed by atoms with E-state index >= 15 is 0 Å². The molecule has 0 bridgehead atoms. The Morgan fingerprint density at radius 3 is 2.48 bits per heavy atom. The third kappa shape index (κ3) is 3.74. The molecule has 21 heavy (non-hydrogen) atoms. The van der Waals surface area contributed by atoms with E-state index < -0.39 is 17.7 Å². The molecular formula is C16H21NO4. The zero-order valence-corrected chi connectivity index (χ0v) is 12.7. The van der Waals surface area contributed by atoms with Crippen LogP contribution in [0.2, 0.25) is 0 Å². The molecule has 1 amide bonds. The van der Waals surface area contributed by atoms with Crippen LogP contribution in [0.5, 0.6) is 0 Å². The van der Waals surface area contributed by atoms with Crippen LogP contribution >= 0.6 is 0 Å². The van der Waals surface area contributed by atoms with Gasteiger partial charge in [-0.2, -0.15) is 0 Å². The third-order valence-corrected chi connectivity index (χ3v) is 3.39. The fraction of sp³-hybridized carbons (Fsp3) is 0.500. The Labute approximate surface area is 124 Å². The molecule has 0 aliphatic heterocycles. The minimum Gasteiger partial charge on any atom is -0.478 e. The molecule has 0 unspecified atom stereocenters. The zero-order valence-electron chi connectivity index (χ0n) is 12.7. The van der Waals surface area contributed by atoms with Gasteiger partial charge in [0.1, 0.15) is 5.60 Å². The van der Waals surface area contributed by atoms with Crippen molar-refractivity contribution in [1.29, 1.82) is 0 Å². The average Bonchev–Trinajstić information content (AvgIpc) is 2.36. The number of fused-ring (bicyclic) bond motifs is 1. The second-order valence-electron chi connectivity index (χ2n) is 6.26. The average molecular weight is 291 g/mol. The lowest BCUT2D eigenvalue weighted by Crippen LogP contribution is -2.28. The summed E-state index contributed by atoms with van der Waals surface area (Å²) in [6, 6.07) is 3.40. The Morgan fingerprint density at radius 2 is 1.86 bits per heavy atom. The van der Waals surface area contributed by atoms with E-state index in [1.807, 2.05) is 6.07 Å². The Kier molecular flexibility index (Phi) is 4.21. The maximum Gasteiger partial charge on any atom is 0.412 e. The van der Waals surface area contributed by atoms with E-state index in [0.717, 1.165) is 36.8 Å². The number of ether oxygens (including phenoxy) is 1. The van der Waals surface area contributed by atoms with Gasteiger partial charge < -0.3 is 9.84 Å². The molecule has 0 saturated heterocycles. The first-order valence-electron chi connectivity index (χ1n) is 7.16. The number of carboxylic acid groups (broad SMARTS) is 1. The van der Waals surface area contributed by atoms with Crippen LogP contribution in [0.15, 0.2) is 12.1 Å². The van der Waals surface area contributed by atoms with E-state index in [4.69, 9.17) is 4.74 Å². The molecule has 0 radical (unpaired) electrons. The molecule has 0 saturated carbocycles. The SMILES string of the molecule is CC(C)(C)OC(=O)Nc1c(C(=O)O)ccc2c1CCCC2. The lowest BCUT2D eigenvalue weighted by atomic mass is 9.88. The van der Waals surface area contributed by atoms with Crippen molar-refractivity contribution >= 4 is 17.7 Å². The van der Waals surface area contributed by atoms with Gasteiger partial charge in [-0.1, -0.05) is 6.07 Å². The van der Waals surface area contributed by atoms with Gasteiger partial charge in [-0.05, 0) is 63.6 Å². The molecule has 0 fully saturated rings. The zero-order chi connectivity index (χ0) is 15.6. The van der Waals surface area contributed by atoms with Gasteiger partial charge in [0, 0.05) is 0 Å². The van der Waals surface area contributed by atoms with E-state index in [0.29, 0.717) is 5.69 Å². The molecule has 5 heteroatoms. The second-order valence-corrected chi connectivity index (χ2v) is 6.26. The highest BCUT2D eigenvalue weighted by Crippen LogP contribution is 2.31. The van der Waals surface area contributed by atoms with Gasteiger partial charge in [0.25, 0.3) is 0 Å². The number of carboxylic acids is 1. The highest BCUT2D eigenvalue weighted by Gasteiger charge is 2.23. The van der Waals surface area contributed by atoms with E-state index in [9.17, 15) is 14.7 Å². The number of nitrogens with one attached hydrogen (secondary N) is 1. The molecule has 1 aliphatic carbocycles. The number of carbonyl (C=O) groups is 2. The first-order valence-corrected chi connectivity index (χ1v) is 7.16. The van der Waals surface area contributed by atoms with Crippen molar-refractivity contribution in [2.45, 2.75) is 52.1 Å². The summed E-state index contributed by atoms with van der Waals surface area (Å²) in [7, 11) is 0. The van der Waals surface area contributed by atoms with Crippen LogP contribution in [0.3, 0.4) is 0 Å². The Hall–Kier alpha value is -2.04. The van der Waals surface area contributed by atoms with Crippen LogP contribution in [0, 0.1) is 0 Å². The van der Waals surface area contributed by atoms with Crippen molar-refractivity contribution in [3.63, 3.8) is 0 Å². The fourth-order valence-electron chi connectivity index (χ4n) is 2.55. The molecule has 0 atom stereocenters. The largest absolute Gasteiger partial charge is 0.478 e. The van der Waals surface area contributed by atoms with Crippen molar-refractivity contribution in [1.82, 2.24) is 0 Å². The molecule has 1 aromatic rings. The van der Waals surface area contributed by atoms with E-state index in [1.54, 1.807) is 26.8 Å². The quantitative estimate of drug-likeness (QED) is 0.872. The van der Waals surface area contributed by atoms with Crippen molar-refractivity contribution in [2.24, 2.45) is 0 Å². The molecule has 114 valence electrons. The van der Waals surface area contributed by atoms with Gasteiger partial charge in [0.15, 0.2) is 0 Å². The second kappa shape index (κ2) is 5.76. The number of hydrogen-bond donors (Lipinski definition) is 2. The molecular weight excluding hydrogens is 270 g/mol. The predicted molar refractivity (Wildman–Crippen MR) is 79.9 cm³/mol. The van der Waals surface area contributed by atoms with Gasteiger partial charge in [-0.3, -0.25) is 5.32 Å². The van der Waals surface area contributed by atoms with Crippen molar-refractivity contribution < 1.29 is 19.4 Å². The Balaban J connectivity index is 2.35. The summed E-state index contributed by atoms with van der Waals surface area (Å²) in [5.74, 6) is -1.05.